The third-order valence-corrected chi connectivity index (χ3v) is 0.823. The molecule has 0 unspecified atom stereocenters. The molecule has 0 aliphatic rings. The molecule has 0 N–H and O–H groups in total. The molecule has 46 valence electrons. The summed E-state index contributed by atoms with van der Waals surface area (Å²) in [6, 6.07) is 0. The third kappa shape index (κ3) is 3.87. The molecule has 0 fully saturated rings. The van der Waals surface area contributed by atoms with Crippen molar-refractivity contribution in [2.45, 2.75) is 6.92 Å². The molecule has 0 aromatic rings. The van der Waals surface area contributed by atoms with Gasteiger partial charge in [-0.1, -0.05) is 0 Å². The molecule has 8 heavy (non-hydrogen) atoms. The van der Waals surface area contributed by atoms with Gasteiger partial charge >= 0.3 is 0 Å². The van der Waals surface area contributed by atoms with E-state index in [4.69, 9.17) is 0 Å². The van der Waals surface area contributed by atoms with E-state index in [2.05, 4.69) is 29.3 Å². The van der Waals surface area contributed by atoms with Crippen molar-refractivity contribution in [1.82, 2.24) is 0 Å². The molecule has 0 amide bonds. The van der Waals surface area contributed by atoms with Gasteiger partial charge in [0.05, 0.1) is 12.4 Å². The molecule has 0 rings (SSSR count). The Kier molecular flexibility index (Phi) is 4.65. The van der Waals surface area contributed by atoms with E-state index in [1.807, 2.05) is 6.92 Å². The van der Waals surface area contributed by atoms with Crippen molar-refractivity contribution in [1.29, 1.82) is 0 Å². The summed E-state index contributed by atoms with van der Waals surface area (Å²) in [6.07, 6.45) is 0. The Balaban J connectivity index is 3.44. The van der Waals surface area contributed by atoms with Crippen LogP contribution < -0.4 is 0 Å². The average Bonchev–Trinajstić information content (AvgIpc) is 1.68. The number of aliphatic imine (C=N–C) groups is 2. The van der Waals surface area contributed by atoms with Crippen LogP contribution in [0.2, 0.25) is 0 Å². The Morgan fingerprint density at radius 1 is 1.75 bits per heavy atom. The van der Waals surface area contributed by atoms with Crippen LogP contribution in [0.15, 0.2) is 9.98 Å². The Hall–Kier alpha value is -0.310. The van der Waals surface area contributed by atoms with Crippen LogP contribution in [-0.2, 0) is 0 Å². The second-order valence-corrected chi connectivity index (χ2v) is 1.70. The quantitative estimate of drug-likeness (QED) is 0.436. The summed E-state index contributed by atoms with van der Waals surface area (Å²) in [5.41, 5.74) is 0.981. The highest BCUT2D eigenvalue weighted by molar-refractivity contribution is 7.80. The van der Waals surface area contributed by atoms with Gasteiger partial charge in [-0.15, -0.1) is 0 Å². The number of thiol groups is 1. The normalized spacial score (nSPS) is 11.5. The summed E-state index contributed by atoms with van der Waals surface area (Å²) in [7, 11) is 0. The molecule has 0 heterocycles. The van der Waals surface area contributed by atoms with Crippen LogP contribution in [0, 0.1) is 0 Å². The van der Waals surface area contributed by atoms with Crippen molar-refractivity contribution in [3.63, 3.8) is 0 Å². The highest BCUT2D eigenvalue weighted by atomic mass is 32.1. The fourth-order valence-corrected chi connectivity index (χ4v) is 0.574. The van der Waals surface area contributed by atoms with Gasteiger partial charge in [-0.25, -0.2) is 0 Å². The van der Waals surface area contributed by atoms with Crippen LogP contribution in [0.25, 0.3) is 0 Å². The maximum atomic E-state index is 3.96. The zero-order valence-electron chi connectivity index (χ0n) is 4.96. The number of nitrogens with zero attached hydrogens (tertiary/aromatic N) is 2. The van der Waals surface area contributed by atoms with Crippen LogP contribution in [0.1, 0.15) is 6.92 Å². The van der Waals surface area contributed by atoms with Crippen molar-refractivity contribution in [3.8, 4) is 0 Å². The molecule has 0 saturated heterocycles. The van der Waals surface area contributed by atoms with Gasteiger partial charge in [0.15, 0.2) is 0 Å². The van der Waals surface area contributed by atoms with E-state index < -0.39 is 0 Å². The molecule has 0 saturated carbocycles. The Morgan fingerprint density at radius 2 is 2.38 bits per heavy atom. The second-order valence-electron chi connectivity index (χ2n) is 1.42. The lowest BCUT2D eigenvalue weighted by molar-refractivity contribution is 1.25. The average molecular weight is 130 g/mol. The van der Waals surface area contributed by atoms with E-state index in [-0.39, 0.29) is 0 Å². The Labute approximate surface area is 55.1 Å². The van der Waals surface area contributed by atoms with Crippen LogP contribution >= 0.6 is 12.6 Å². The summed E-state index contributed by atoms with van der Waals surface area (Å²) in [5, 5.41) is 0. The lowest BCUT2D eigenvalue weighted by atomic mass is 10.4. The molecule has 0 radical (unpaired) electrons. The molecule has 0 aliphatic carbocycles. The van der Waals surface area contributed by atoms with Gasteiger partial charge in [-0.3, -0.25) is 9.98 Å². The molecule has 0 aromatic heterocycles. The predicted molar refractivity (Wildman–Crippen MR) is 41.4 cm³/mol. The first-order valence-electron chi connectivity index (χ1n) is 2.34. The molecule has 0 aromatic carbocycles. The van der Waals surface area contributed by atoms with Crippen molar-refractivity contribution < 1.29 is 0 Å². The minimum absolute atomic E-state index is 0.543. The summed E-state index contributed by atoms with van der Waals surface area (Å²) < 4.78 is 0. The molecule has 0 atom stereocenters. The van der Waals surface area contributed by atoms with Crippen LogP contribution in [-0.4, -0.2) is 24.9 Å². The van der Waals surface area contributed by atoms with Crippen molar-refractivity contribution in [2.75, 3.05) is 12.4 Å². The van der Waals surface area contributed by atoms with Crippen molar-refractivity contribution in [3.05, 3.63) is 0 Å². The first-order valence-corrected chi connectivity index (χ1v) is 2.97. The van der Waals surface area contributed by atoms with Crippen molar-refractivity contribution in [2.24, 2.45) is 9.98 Å². The van der Waals surface area contributed by atoms with Gasteiger partial charge in [-0.2, -0.15) is 12.6 Å². The van der Waals surface area contributed by atoms with Crippen LogP contribution in [0.3, 0.4) is 0 Å². The maximum Gasteiger partial charge on any atom is 0.0814 e. The van der Waals surface area contributed by atoms with Crippen LogP contribution in [0.4, 0.5) is 0 Å². The minimum atomic E-state index is 0.543. The number of rotatable bonds is 3. The van der Waals surface area contributed by atoms with Gasteiger partial charge in [0, 0.05) is 5.71 Å². The fraction of sp³-hybridized carbons (Fsp3) is 0.600. The monoisotopic (exact) mass is 130 g/mol. The summed E-state index contributed by atoms with van der Waals surface area (Å²) >= 11 is 3.90. The van der Waals surface area contributed by atoms with E-state index in [0.717, 1.165) is 5.71 Å². The SMILES string of the molecule is C=NC/C(C)=N\CS. The molecule has 0 spiro atoms. The van der Waals surface area contributed by atoms with Crippen LogP contribution in [0.5, 0.6) is 0 Å². The topological polar surface area (TPSA) is 24.7 Å². The first-order chi connectivity index (χ1) is 3.81. The van der Waals surface area contributed by atoms with E-state index in [1.54, 1.807) is 0 Å². The standard InChI is InChI=1S/C5H10N2S/c1-5(3-6-2)7-4-8/h8H,2-4H2,1H3/b7-5-. The fourth-order valence-electron chi connectivity index (χ4n) is 0.333. The summed E-state index contributed by atoms with van der Waals surface area (Å²) in [4.78, 5) is 7.60. The summed E-state index contributed by atoms with van der Waals surface area (Å²) in [5.74, 6) is 0.543. The lowest BCUT2D eigenvalue weighted by Gasteiger charge is -1.89. The molecular formula is C5H10N2S. The van der Waals surface area contributed by atoms with Gasteiger partial charge in [0.2, 0.25) is 0 Å². The molecule has 0 bridgehead atoms. The Bertz CT molecular complexity index is 98.6. The van der Waals surface area contributed by atoms with E-state index >= 15 is 0 Å². The molecular weight excluding hydrogens is 120 g/mol. The molecule has 2 nitrogen and oxygen atoms in total. The van der Waals surface area contributed by atoms with Gasteiger partial charge in [-0.05, 0) is 13.6 Å². The Morgan fingerprint density at radius 3 is 2.75 bits per heavy atom. The lowest BCUT2D eigenvalue weighted by Crippen LogP contribution is -1.95. The van der Waals surface area contributed by atoms with E-state index in [1.165, 1.54) is 0 Å². The third-order valence-electron chi connectivity index (χ3n) is 0.681. The van der Waals surface area contributed by atoms with Crippen molar-refractivity contribution >= 4 is 25.1 Å². The minimum Gasteiger partial charge on any atom is -0.295 e. The predicted octanol–water partition coefficient (Wildman–Crippen LogP) is 1.04. The van der Waals surface area contributed by atoms with Gasteiger partial charge < -0.3 is 0 Å². The zero-order valence-corrected chi connectivity index (χ0v) is 5.86. The highest BCUT2D eigenvalue weighted by Crippen LogP contribution is 1.80. The molecule has 0 aliphatic heterocycles. The van der Waals surface area contributed by atoms with E-state index in [0.29, 0.717) is 12.4 Å². The second kappa shape index (κ2) is 4.84. The van der Waals surface area contributed by atoms with E-state index in [9.17, 15) is 0 Å². The first kappa shape index (κ1) is 7.69. The highest BCUT2D eigenvalue weighted by Gasteiger charge is 1.81. The maximum absolute atomic E-state index is 3.96. The largest absolute Gasteiger partial charge is 0.295 e. The summed E-state index contributed by atoms with van der Waals surface area (Å²) in [6.45, 7) is 5.86. The molecule has 3 heteroatoms. The van der Waals surface area contributed by atoms with Gasteiger partial charge in [0.1, 0.15) is 0 Å². The number of hydrogen-bond acceptors (Lipinski definition) is 3. The van der Waals surface area contributed by atoms with Gasteiger partial charge in [0.25, 0.3) is 0 Å². The number of hydrogen-bond donors (Lipinski definition) is 1. The smallest absolute Gasteiger partial charge is 0.0814 e. The zero-order chi connectivity index (χ0) is 6.41.